The second-order valence-electron chi connectivity index (χ2n) is 6.11. The summed E-state index contributed by atoms with van der Waals surface area (Å²) >= 11 is 0. The fraction of sp³-hybridized carbons (Fsp3) is 0.625. The number of hydrogen-bond acceptors (Lipinski definition) is 2. The number of nitrogens with two attached hydrogens (primary N) is 1. The zero-order valence-corrected chi connectivity index (χ0v) is 12.2. The number of halogens is 1. The monoisotopic (exact) mass is 264 g/mol. The van der Waals surface area contributed by atoms with E-state index >= 15 is 0 Å². The summed E-state index contributed by atoms with van der Waals surface area (Å²) in [5.41, 5.74) is 7.85. The molecule has 1 aliphatic rings. The van der Waals surface area contributed by atoms with Gasteiger partial charge in [0.05, 0.1) is 0 Å². The van der Waals surface area contributed by atoms with Crippen LogP contribution in [0.15, 0.2) is 18.2 Å². The van der Waals surface area contributed by atoms with Crippen LogP contribution in [0.4, 0.5) is 4.39 Å². The van der Waals surface area contributed by atoms with E-state index in [1.54, 1.807) is 6.07 Å². The van der Waals surface area contributed by atoms with E-state index in [4.69, 9.17) is 5.73 Å². The van der Waals surface area contributed by atoms with E-state index in [0.29, 0.717) is 24.4 Å². The van der Waals surface area contributed by atoms with Crippen LogP contribution in [0, 0.1) is 17.7 Å². The van der Waals surface area contributed by atoms with Crippen LogP contribution in [0.1, 0.15) is 38.3 Å². The second-order valence-corrected chi connectivity index (χ2v) is 6.11. The van der Waals surface area contributed by atoms with Crippen LogP contribution in [0.5, 0.6) is 0 Å². The first-order valence-corrected chi connectivity index (χ1v) is 7.22. The molecule has 1 heterocycles. The van der Waals surface area contributed by atoms with E-state index in [2.05, 4.69) is 25.7 Å². The zero-order valence-electron chi connectivity index (χ0n) is 12.2. The summed E-state index contributed by atoms with van der Waals surface area (Å²) in [6.07, 6.45) is 1.28. The summed E-state index contributed by atoms with van der Waals surface area (Å²) in [5, 5.41) is 0. The molecule has 3 unspecified atom stereocenters. The number of piperidine rings is 1. The van der Waals surface area contributed by atoms with Gasteiger partial charge < -0.3 is 5.73 Å². The average molecular weight is 264 g/mol. The van der Waals surface area contributed by atoms with Gasteiger partial charge in [-0.15, -0.1) is 0 Å². The lowest BCUT2D eigenvalue weighted by Gasteiger charge is -2.41. The number of likely N-dealkylation sites (tertiary alicyclic amines) is 1. The number of rotatable bonds is 3. The van der Waals surface area contributed by atoms with Crippen LogP contribution < -0.4 is 5.73 Å². The number of benzene rings is 1. The first-order valence-electron chi connectivity index (χ1n) is 7.22. The van der Waals surface area contributed by atoms with E-state index in [1.165, 1.54) is 12.5 Å². The van der Waals surface area contributed by atoms with Crippen molar-refractivity contribution in [1.82, 2.24) is 4.90 Å². The van der Waals surface area contributed by atoms with Crippen molar-refractivity contribution in [3.05, 3.63) is 35.1 Å². The van der Waals surface area contributed by atoms with Crippen LogP contribution in [0.3, 0.4) is 0 Å². The Morgan fingerprint density at radius 2 is 2.00 bits per heavy atom. The fourth-order valence-electron chi connectivity index (χ4n) is 3.20. The summed E-state index contributed by atoms with van der Waals surface area (Å²) in [6, 6.07) is 5.49. The van der Waals surface area contributed by atoms with Crippen molar-refractivity contribution in [2.45, 2.75) is 46.3 Å². The minimum Gasteiger partial charge on any atom is -0.326 e. The molecule has 0 aliphatic carbocycles. The van der Waals surface area contributed by atoms with Crippen LogP contribution in [0.25, 0.3) is 0 Å². The Kier molecular flexibility index (Phi) is 4.58. The highest BCUT2D eigenvalue weighted by molar-refractivity contribution is 5.28. The van der Waals surface area contributed by atoms with Crippen molar-refractivity contribution in [2.75, 3.05) is 6.54 Å². The van der Waals surface area contributed by atoms with Crippen molar-refractivity contribution in [1.29, 1.82) is 0 Å². The molecule has 19 heavy (non-hydrogen) atoms. The number of nitrogens with zero attached hydrogens (tertiary/aromatic N) is 1. The molecular weight excluding hydrogens is 239 g/mol. The highest BCUT2D eigenvalue weighted by atomic mass is 19.1. The van der Waals surface area contributed by atoms with Crippen molar-refractivity contribution in [3.63, 3.8) is 0 Å². The van der Waals surface area contributed by atoms with Gasteiger partial charge >= 0.3 is 0 Å². The van der Waals surface area contributed by atoms with Crippen LogP contribution in [-0.4, -0.2) is 17.5 Å². The largest absolute Gasteiger partial charge is 0.326 e. The third-order valence-electron chi connectivity index (χ3n) is 4.48. The SMILES string of the molecule is CC1CC(C)C(C)N(Cc2cc(F)ccc2CN)C1. The smallest absolute Gasteiger partial charge is 0.123 e. The Balaban J connectivity index is 2.17. The predicted molar refractivity (Wildman–Crippen MR) is 77.1 cm³/mol. The summed E-state index contributed by atoms with van der Waals surface area (Å²) in [5.74, 6) is 1.23. The zero-order chi connectivity index (χ0) is 14.0. The first-order chi connectivity index (χ1) is 9.01. The van der Waals surface area contributed by atoms with E-state index in [9.17, 15) is 4.39 Å². The predicted octanol–water partition coefficient (Wildman–Crippen LogP) is 3.15. The Hall–Kier alpha value is -0.930. The molecule has 1 aromatic rings. The summed E-state index contributed by atoms with van der Waals surface area (Å²) in [7, 11) is 0. The van der Waals surface area contributed by atoms with Gasteiger partial charge in [0.15, 0.2) is 0 Å². The third-order valence-corrected chi connectivity index (χ3v) is 4.48. The van der Waals surface area contributed by atoms with Gasteiger partial charge in [0.2, 0.25) is 0 Å². The molecule has 3 heteroatoms. The molecule has 1 aromatic carbocycles. The van der Waals surface area contributed by atoms with E-state index in [0.717, 1.165) is 24.2 Å². The molecule has 3 atom stereocenters. The van der Waals surface area contributed by atoms with Gasteiger partial charge in [-0.3, -0.25) is 4.90 Å². The summed E-state index contributed by atoms with van der Waals surface area (Å²) in [4.78, 5) is 2.47. The van der Waals surface area contributed by atoms with Crippen LogP contribution >= 0.6 is 0 Å². The molecule has 0 spiro atoms. The lowest BCUT2D eigenvalue weighted by molar-refractivity contribution is 0.0726. The second kappa shape index (κ2) is 6.02. The highest BCUT2D eigenvalue weighted by Crippen LogP contribution is 2.28. The van der Waals surface area contributed by atoms with Crippen LogP contribution in [0.2, 0.25) is 0 Å². The van der Waals surface area contributed by atoms with E-state index in [-0.39, 0.29) is 5.82 Å². The first kappa shape index (κ1) is 14.5. The van der Waals surface area contributed by atoms with Gasteiger partial charge in [0, 0.05) is 25.7 Å². The quantitative estimate of drug-likeness (QED) is 0.908. The average Bonchev–Trinajstić information content (AvgIpc) is 2.35. The van der Waals surface area contributed by atoms with Crippen molar-refractivity contribution >= 4 is 0 Å². The van der Waals surface area contributed by atoms with Gasteiger partial charge in [-0.05, 0) is 48.4 Å². The molecule has 1 saturated heterocycles. The fourth-order valence-corrected chi connectivity index (χ4v) is 3.20. The molecule has 1 fully saturated rings. The van der Waals surface area contributed by atoms with Gasteiger partial charge in [-0.2, -0.15) is 0 Å². The maximum Gasteiger partial charge on any atom is 0.123 e. The molecular formula is C16H25FN2. The standard InChI is InChI=1S/C16H25FN2/c1-11-6-12(2)13(3)19(9-11)10-15-7-16(17)5-4-14(15)8-18/h4-5,7,11-13H,6,8-10,18H2,1-3H3. The van der Waals surface area contributed by atoms with E-state index in [1.807, 2.05) is 6.07 Å². The maximum absolute atomic E-state index is 13.4. The minimum absolute atomic E-state index is 0.169. The topological polar surface area (TPSA) is 29.3 Å². The molecule has 1 aliphatic heterocycles. The van der Waals surface area contributed by atoms with Gasteiger partial charge in [0.25, 0.3) is 0 Å². The number of hydrogen-bond donors (Lipinski definition) is 1. The molecule has 2 N–H and O–H groups in total. The van der Waals surface area contributed by atoms with Gasteiger partial charge in [-0.25, -0.2) is 4.39 Å². The normalized spacial score (nSPS) is 28.6. The van der Waals surface area contributed by atoms with Gasteiger partial charge in [-0.1, -0.05) is 19.9 Å². The van der Waals surface area contributed by atoms with Crippen LogP contribution in [-0.2, 0) is 13.1 Å². The van der Waals surface area contributed by atoms with E-state index < -0.39 is 0 Å². The maximum atomic E-state index is 13.4. The molecule has 0 bridgehead atoms. The van der Waals surface area contributed by atoms with Gasteiger partial charge in [0.1, 0.15) is 5.82 Å². The highest BCUT2D eigenvalue weighted by Gasteiger charge is 2.28. The summed E-state index contributed by atoms with van der Waals surface area (Å²) in [6.45, 7) is 9.25. The Bertz CT molecular complexity index is 433. The van der Waals surface area contributed by atoms with Crippen molar-refractivity contribution < 1.29 is 4.39 Å². The minimum atomic E-state index is -0.169. The Labute approximate surface area is 115 Å². The molecule has 2 rings (SSSR count). The Morgan fingerprint density at radius 1 is 1.26 bits per heavy atom. The molecule has 2 nitrogen and oxygen atoms in total. The lowest BCUT2D eigenvalue weighted by Crippen LogP contribution is -2.45. The van der Waals surface area contributed by atoms with Crippen molar-refractivity contribution in [2.24, 2.45) is 17.6 Å². The summed E-state index contributed by atoms with van der Waals surface area (Å²) < 4.78 is 13.4. The third kappa shape index (κ3) is 3.34. The molecule has 106 valence electrons. The lowest BCUT2D eigenvalue weighted by atomic mass is 9.85. The molecule has 0 saturated carbocycles. The Morgan fingerprint density at radius 3 is 2.68 bits per heavy atom. The molecule has 0 radical (unpaired) electrons. The van der Waals surface area contributed by atoms with Crippen molar-refractivity contribution in [3.8, 4) is 0 Å². The molecule has 0 aromatic heterocycles. The molecule has 0 amide bonds.